The highest BCUT2D eigenvalue weighted by molar-refractivity contribution is 5.95. The second-order valence-electron chi connectivity index (χ2n) is 7.24. The number of hydrogen-bond acceptors (Lipinski definition) is 5. The number of hydrogen-bond donors (Lipinski definition) is 0. The van der Waals surface area contributed by atoms with Crippen LogP contribution in [0.5, 0.6) is 0 Å². The maximum atomic E-state index is 12.8. The van der Waals surface area contributed by atoms with Crippen LogP contribution in [-0.4, -0.2) is 61.2 Å². The highest BCUT2D eigenvalue weighted by Gasteiger charge is 2.26. The van der Waals surface area contributed by atoms with Crippen molar-refractivity contribution in [3.63, 3.8) is 0 Å². The fourth-order valence-corrected chi connectivity index (χ4v) is 3.77. The fourth-order valence-electron chi connectivity index (χ4n) is 3.77. The minimum atomic E-state index is -0.394. The first kappa shape index (κ1) is 18.3. The van der Waals surface area contributed by atoms with Gasteiger partial charge in [0.1, 0.15) is 12.4 Å². The topological polar surface area (TPSA) is 66.0 Å². The summed E-state index contributed by atoms with van der Waals surface area (Å²) >= 11 is 0. The van der Waals surface area contributed by atoms with E-state index in [2.05, 4.69) is 41.9 Å². The van der Waals surface area contributed by atoms with Crippen molar-refractivity contribution in [2.75, 3.05) is 49.1 Å². The Morgan fingerprint density at radius 2 is 1.82 bits per heavy atom. The highest BCUT2D eigenvalue weighted by Crippen LogP contribution is 2.23. The molecule has 0 saturated carbocycles. The number of ether oxygens (including phenoxy) is 1. The number of nitrogens with zero attached hydrogens (tertiary/aromatic N) is 4. The van der Waals surface area contributed by atoms with E-state index in [-0.39, 0.29) is 5.91 Å². The molecule has 4 rings (SSSR count). The highest BCUT2D eigenvalue weighted by atomic mass is 16.6. The number of carbonyl (C=O) groups is 2. The summed E-state index contributed by atoms with van der Waals surface area (Å²) in [5.41, 5.74) is 4.30. The predicted molar refractivity (Wildman–Crippen MR) is 107 cm³/mol. The standard InChI is InChI=1S/C21H24N4O3/c1-15-3-5-18(16(2)13-15)23-7-9-24(10-8-23)20(26)17-4-6-19(22-14-17)25-11-12-28-21(25)27/h3-6,13-14H,7-12H2,1-2H3. The van der Waals surface area contributed by atoms with Gasteiger partial charge < -0.3 is 14.5 Å². The number of piperazine rings is 1. The van der Waals surface area contributed by atoms with E-state index in [9.17, 15) is 9.59 Å². The van der Waals surface area contributed by atoms with E-state index in [1.54, 1.807) is 18.3 Å². The molecule has 2 aliphatic heterocycles. The van der Waals surface area contributed by atoms with Crippen molar-refractivity contribution in [2.45, 2.75) is 13.8 Å². The van der Waals surface area contributed by atoms with Crippen LogP contribution >= 0.6 is 0 Å². The second-order valence-corrected chi connectivity index (χ2v) is 7.24. The van der Waals surface area contributed by atoms with E-state index < -0.39 is 6.09 Å². The zero-order chi connectivity index (χ0) is 19.7. The van der Waals surface area contributed by atoms with Crippen molar-refractivity contribution in [1.29, 1.82) is 0 Å². The summed E-state index contributed by atoms with van der Waals surface area (Å²) in [5.74, 6) is 0.488. The summed E-state index contributed by atoms with van der Waals surface area (Å²) in [6, 6.07) is 9.91. The molecule has 1 aromatic carbocycles. The Morgan fingerprint density at radius 3 is 2.43 bits per heavy atom. The van der Waals surface area contributed by atoms with Crippen LogP contribution in [-0.2, 0) is 4.74 Å². The summed E-state index contributed by atoms with van der Waals surface area (Å²) in [6.45, 7) is 8.04. The molecule has 2 amide bonds. The molecule has 2 aromatic rings. The molecule has 2 aliphatic rings. The van der Waals surface area contributed by atoms with Gasteiger partial charge in [-0.15, -0.1) is 0 Å². The van der Waals surface area contributed by atoms with Gasteiger partial charge in [-0.05, 0) is 37.6 Å². The van der Waals surface area contributed by atoms with Crippen molar-refractivity contribution in [3.05, 3.63) is 53.2 Å². The zero-order valence-electron chi connectivity index (χ0n) is 16.2. The molecule has 3 heterocycles. The van der Waals surface area contributed by atoms with E-state index in [1.807, 2.05) is 4.90 Å². The number of pyridine rings is 1. The first-order valence-corrected chi connectivity index (χ1v) is 9.55. The molecule has 28 heavy (non-hydrogen) atoms. The van der Waals surface area contributed by atoms with Crippen molar-refractivity contribution in [1.82, 2.24) is 9.88 Å². The van der Waals surface area contributed by atoms with Crippen molar-refractivity contribution in [3.8, 4) is 0 Å². The Balaban J connectivity index is 1.39. The molecule has 0 unspecified atom stereocenters. The van der Waals surface area contributed by atoms with Crippen molar-refractivity contribution in [2.24, 2.45) is 0 Å². The lowest BCUT2D eigenvalue weighted by atomic mass is 10.1. The van der Waals surface area contributed by atoms with Gasteiger partial charge in [0.2, 0.25) is 0 Å². The molecule has 7 heteroatoms. The van der Waals surface area contributed by atoms with E-state index in [1.165, 1.54) is 21.7 Å². The predicted octanol–water partition coefficient (Wildman–Crippen LogP) is 2.62. The third-order valence-electron chi connectivity index (χ3n) is 5.29. The average molecular weight is 380 g/mol. The number of carbonyl (C=O) groups excluding carboxylic acids is 2. The van der Waals surface area contributed by atoms with E-state index in [0.29, 0.717) is 37.6 Å². The molecule has 146 valence electrons. The number of anilines is 2. The maximum absolute atomic E-state index is 12.8. The lowest BCUT2D eigenvalue weighted by Gasteiger charge is -2.37. The van der Waals surface area contributed by atoms with Gasteiger partial charge in [-0.3, -0.25) is 9.69 Å². The minimum absolute atomic E-state index is 0.0247. The molecule has 0 radical (unpaired) electrons. The summed E-state index contributed by atoms with van der Waals surface area (Å²) in [4.78, 5) is 34.4. The quantitative estimate of drug-likeness (QED) is 0.819. The van der Waals surface area contributed by atoms with Crippen LogP contribution in [0.4, 0.5) is 16.3 Å². The third-order valence-corrected chi connectivity index (χ3v) is 5.29. The van der Waals surface area contributed by atoms with Gasteiger partial charge in [-0.2, -0.15) is 0 Å². The van der Waals surface area contributed by atoms with Gasteiger partial charge in [0.05, 0.1) is 12.1 Å². The van der Waals surface area contributed by atoms with Crippen LogP contribution in [0, 0.1) is 13.8 Å². The van der Waals surface area contributed by atoms with E-state index in [4.69, 9.17) is 4.74 Å². The molecular formula is C21H24N4O3. The number of amides is 2. The lowest BCUT2D eigenvalue weighted by molar-refractivity contribution is 0.0746. The Hall–Kier alpha value is -3.09. The van der Waals surface area contributed by atoms with E-state index in [0.717, 1.165) is 13.1 Å². The molecule has 2 saturated heterocycles. The molecule has 0 aliphatic carbocycles. The molecule has 0 bridgehead atoms. The molecule has 7 nitrogen and oxygen atoms in total. The largest absolute Gasteiger partial charge is 0.447 e. The molecule has 0 spiro atoms. The first-order valence-electron chi connectivity index (χ1n) is 9.55. The minimum Gasteiger partial charge on any atom is -0.447 e. The van der Waals surface area contributed by atoms with Crippen LogP contribution in [0.2, 0.25) is 0 Å². The van der Waals surface area contributed by atoms with Crippen molar-refractivity contribution < 1.29 is 14.3 Å². The van der Waals surface area contributed by atoms with Gasteiger partial charge >= 0.3 is 6.09 Å². The van der Waals surface area contributed by atoms with Gasteiger partial charge in [0.25, 0.3) is 5.91 Å². The number of rotatable bonds is 3. The summed E-state index contributed by atoms with van der Waals surface area (Å²) in [5, 5.41) is 0. The van der Waals surface area contributed by atoms with Crippen LogP contribution in [0.15, 0.2) is 36.5 Å². The van der Waals surface area contributed by atoms with Crippen LogP contribution < -0.4 is 9.80 Å². The Morgan fingerprint density at radius 1 is 1.04 bits per heavy atom. The van der Waals surface area contributed by atoms with Crippen molar-refractivity contribution >= 4 is 23.5 Å². The number of aryl methyl sites for hydroxylation is 2. The summed E-state index contributed by atoms with van der Waals surface area (Å²) in [7, 11) is 0. The van der Waals surface area contributed by atoms with Gasteiger partial charge in [-0.25, -0.2) is 9.78 Å². The molecule has 0 N–H and O–H groups in total. The number of aromatic nitrogens is 1. The average Bonchev–Trinajstić information content (AvgIpc) is 3.14. The molecule has 0 atom stereocenters. The fraction of sp³-hybridized carbons (Fsp3) is 0.381. The molecular weight excluding hydrogens is 356 g/mol. The normalized spacial score (nSPS) is 17.1. The number of cyclic esters (lactones) is 1. The van der Waals surface area contributed by atoms with Gasteiger partial charge in [0.15, 0.2) is 0 Å². The summed E-state index contributed by atoms with van der Waals surface area (Å²) in [6.07, 6.45) is 1.15. The lowest BCUT2D eigenvalue weighted by Crippen LogP contribution is -2.49. The van der Waals surface area contributed by atoms with Gasteiger partial charge in [0, 0.05) is 38.1 Å². The number of benzene rings is 1. The molecule has 1 aromatic heterocycles. The van der Waals surface area contributed by atoms with Crippen LogP contribution in [0.3, 0.4) is 0 Å². The maximum Gasteiger partial charge on any atom is 0.415 e. The smallest absolute Gasteiger partial charge is 0.415 e. The van der Waals surface area contributed by atoms with Crippen LogP contribution in [0.1, 0.15) is 21.5 Å². The second kappa shape index (κ2) is 7.50. The van der Waals surface area contributed by atoms with Crippen LogP contribution in [0.25, 0.3) is 0 Å². The Bertz CT molecular complexity index is 889. The summed E-state index contributed by atoms with van der Waals surface area (Å²) < 4.78 is 4.92. The van der Waals surface area contributed by atoms with E-state index >= 15 is 0 Å². The molecule has 2 fully saturated rings. The SMILES string of the molecule is Cc1ccc(N2CCN(C(=O)c3ccc(N4CCOC4=O)nc3)CC2)c(C)c1. The first-order chi connectivity index (χ1) is 13.5. The monoisotopic (exact) mass is 380 g/mol. The van der Waals surface area contributed by atoms with Gasteiger partial charge in [-0.1, -0.05) is 17.7 Å². The zero-order valence-corrected chi connectivity index (χ0v) is 16.2. The Labute approximate surface area is 164 Å². The Kier molecular flexibility index (Phi) is 4.90. The third kappa shape index (κ3) is 3.52.